The first-order valence-corrected chi connectivity index (χ1v) is 6.85. The Kier molecular flexibility index (Phi) is 5.14. The van der Waals surface area contributed by atoms with Crippen molar-refractivity contribution in [1.29, 1.82) is 0 Å². The molecule has 1 atom stereocenters. The van der Waals surface area contributed by atoms with Gasteiger partial charge in [0.15, 0.2) is 11.8 Å². The van der Waals surface area contributed by atoms with Gasteiger partial charge in [0.05, 0.1) is 6.61 Å². The van der Waals surface area contributed by atoms with Gasteiger partial charge in [0.2, 0.25) is 0 Å². The fraction of sp³-hybridized carbons (Fsp3) is 0.786. The molecule has 1 amide bonds. The van der Waals surface area contributed by atoms with Gasteiger partial charge in [-0.25, -0.2) is 9.59 Å². The smallest absolute Gasteiger partial charge is 0.411 e. The molecular weight excluding hydrogens is 262 g/mol. The Morgan fingerprint density at radius 3 is 2.15 bits per heavy atom. The number of nitrogens with zero attached hydrogens (tertiary/aromatic N) is 1. The predicted octanol–water partition coefficient (Wildman–Crippen LogP) is 1.91. The Balaban J connectivity index is 2.94. The van der Waals surface area contributed by atoms with E-state index in [1.807, 2.05) is 0 Å². The number of ether oxygens (including phenoxy) is 2. The highest BCUT2D eigenvalue weighted by Crippen LogP contribution is 2.31. The Morgan fingerprint density at radius 2 is 1.80 bits per heavy atom. The molecular formula is C14H23NO5. The van der Waals surface area contributed by atoms with Gasteiger partial charge in [-0.1, -0.05) is 0 Å². The van der Waals surface area contributed by atoms with Gasteiger partial charge in [-0.05, 0) is 47.5 Å². The molecule has 1 saturated carbocycles. The molecule has 0 aromatic carbocycles. The van der Waals surface area contributed by atoms with E-state index in [2.05, 4.69) is 0 Å². The summed E-state index contributed by atoms with van der Waals surface area (Å²) in [6.07, 6.45) is 0.887. The van der Waals surface area contributed by atoms with Gasteiger partial charge in [-0.15, -0.1) is 0 Å². The largest absolute Gasteiger partial charge is 0.464 e. The van der Waals surface area contributed by atoms with Crippen molar-refractivity contribution in [3.8, 4) is 0 Å². The molecule has 0 radical (unpaired) electrons. The average molecular weight is 285 g/mol. The molecule has 0 bridgehead atoms. The number of hydrogen-bond acceptors (Lipinski definition) is 5. The maximum atomic E-state index is 12.2. The molecule has 0 aromatic heterocycles. The highest BCUT2D eigenvalue weighted by molar-refractivity contribution is 6.04. The number of ketones is 1. The molecule has 1 aliphatic rings. The summed E-state index contributed by atoms with van der Waals surface area (Å²) in [6, 6.07) is -1.33. The van der Waals surface area contributed by atoms with Crippen molar-refractivity contribution in [2.24, 2.45) is 0 Å². The summed E-state index contributed by atoms with van der Waals surface area (Å²) in [5.74, 6) is -1.11. The molecule has 1 rings (SSSR count). The van der Waals surface area contributed by atoms with Crippen LogP contribution in [0, 0.1) is 0 Å². The van der Waals surface area contributed by atoms with Gasteiger partial charge in [-0.3, -0.25) is 9.69 Å². The van der Waals surface area contributed by atoms with Crippen LogP contribution < -0.4 is 0 Å². The number of carbonyl (C=O) groups excluding carboxylic acids is 3. The third-order valence-corrected chi connectivity index (χ3v) is 2.72. The van der Waals surface area contributed by atoms with Crippen LogP contribution in [0.25, 0.3) is 0 Å². The van der Waals surface area contributed by atoms with E-state index < -0.39 is 29.5 Å². The molecule has 0 aromatic rings. The van der Waals surface area contributed by atoms with Gasteiger partial charge >= 0.3 is 12.1 Å². The van der Waals surface area contributed by atoms with Crippen LogP contribution in [0.3, 0.4) is 0 Å². The van der Waals surface area contributed by atoms with Crippen molar-refractivity contribution in [3.05, 3.63) is 0 Å². The summed E-state index contributed by atoms with van der Waals surface area (Å²) in [5, 5.41) is 0. The van der Waals surface area contributed by atoms with Gasteiger partial charge in [0.25, 0.3) is 0 Å². The van der Waals surface area contributed by atoms with Crippen molar-refractivity contribution in [2.75, 3.05) is 6.61 Å². The van der Waals surface area contributed by atoms with Gasteiger partial charge in [-0.2, -0.15) is 0 Å². The fourth-order valence-electron chi connectivity index (χ4n) is 1.83. The predicted molar refractivity (Wildman–Crippen MR) is 72.2 cm³/mol. The van der Waals surface area contributed by atoms with Gasteiger partial charge in [0.1, 0.15) is 5.60 Å². The highest BCUT2D eigenvalue weighted by atomic mass is 16.6. The van der Waals surface area contributed by atoms with E-state index >= 15 is 0 Å². The van der Waals surface area contributed by atoms with Crippen LogP contribution in [0.15, 0.2) is 0 Å². The van der Waals surface area contributed by atoms with Crippen LogP contribution in [-0.2, 0) is 19.1 Å². The summed E-state index contributed by atoms with van der Waals surface area (Å²) < 4.78 is 10.2. The molecule has 0 heterocycles. The Morgan fingerprint density at radius 1 is 1.25 bits per heavy atom. The van der Waals surface area contributed by atoms with Crippen LogP contribution in [0.1, 0.15) is 47.5 Å². The lowest BCUT2D eigenvalue weighted by atomic mass is 10.1. The minimum absolute atomic E-state index is 0.122. The molecule has 0 spiro atoms. The van der Waals surface area contributed by atoms with Gasteiger partial charge < -0.3 is 9.47 Å². The Bertz CT molecular complexity index is 395. The van der Waals surface area contributed by atoms with Crippen LogP contribution in [0.4, 0.5) is 4.79 Å². The normalized spacial score (nSPS) is 16.2. The number of carbonyl (C=O) groups is 3. The van der Waals surface area contributed by atoms with E-state index in [4.69, 9.17) is 9.47 Å². The first-order valence-electron chi connectivity index (χ1n) is 6.85. The van der Waals surface area contributed by atoms with Gasteiger partial charge in [0, 0.05) is 6.04 Å². The van der Waals surface area contributed by atoms with E-state index in [1.165, 1.54) is 11.8 Å². The lowest BCUT2D eigenvalue weighted by molar-refractivity contribution is -0.153. The second kappa shape index (κ2) is 6.24. The summed E-state index contributed by atoms with van der Waals surface area (Å²) in [6.45, 7) is 8.32. The summed E-state index contributed by atoms with van der Waals surface area (Å²) in [4.78, 5) is 37.2. The first kappa shape index (κ1) is 16.5. The van der Waals surface area contributed by atoms with E-state index in [9.17, 15) is 14.4 Å². The topological polar surface area (TPSA) is 72.9 Å². The molecule has 0 saturated heterocycles. The minimum Gasteiger partial charge on any atom is -0.464 e. The van der Waals surface area contributed by atoms with Crippen molar-refractivity contribution in [2.45, 2.75) is 65.1 Å². The lowest BCUT2D eigenvalue weighted by Crippen LogP contribution is -2.52. The summed E-state index contributed by atoms with van der Waals surface area (Å²) in [5.41, 5.74) is -0.680. The first-order chi connectivity index (χ1) is 9.17. The summed E-state index contributed by atoms with van der Waals surface area (Å²) in [7, 11) is 0. The molecule has 20 heavy (non-hydrogen) atoms. The number of esters is 1. The Hall–Kier alpha value is -1.59. The zero-order valence-corrected chi connectivity index (χ0v) is 12.8. The highest BCUT2D eigenvalue weighted by Gasteiger charge is 2.45. The maximum absolute atomic E-state index is 12.2. The third-order valence-electron chi connectivity index (χ3n) is 2.72. The quantitative estimate of drug-likeness (QED) is 0.570. The average Bonchev–Trinajstić information content (AvgIpc) is 3.06. The number of rotatable bonds is 5. The molecule has 1 unspecified atom stereocenters. The Labute approximate surface area is 119 Å². The fourth-order valence-corrected chi connectivity index (χ4v) is 1.83. The zero-order chi connectivity index (χ0) is 15.5. The summed E-state index contributed by atoms with van der Waals surface area (Å²) >= 11 is 0. The van der Waals surface area contributed by atoms with E-state index in [0.29, 0.717) is 0 Å². The van der Waals surface area contributed by atoms with Crippen LogP contribution in [-0.4, -0.2) is 47.0 Å². The molecule has 0 N–H and O–H groups in total. The minimum atomic E-state index is -1.21. The van der Waals surface area contributed by atoms with E-state index in [0.717, 1.165) is 12.8 Å². The number of hydrogen-bond donors (Lipinski definition) is 0. The number of Topliss-reactive ketones (excluding diaryl/α,β-unsaturated/α-hetero) is 1. The standard InChI is InChI=1S/C14H23NO5/c1-6-19-12(17)11(9(2)16)15(10-7-8-10)13(18)20-14(3,4)5/h10-11H,6-8H2,1-5H3. The van der Waals surface area contributed by atoms with Crippen molar-refractivity contribution < 1.29 is 23.9 Å². The second-order valence-corrected chi connectivity index (χ2v) is 5.88. The molecule has 6 heteroatoms. The van der Waals surface area contributed by atoms with Crippen molar-refractivity contribution in [3.63, 3.8) is 0 Å². The molecule has 6 nitrogen and oxygen atoms in total. The monoisotopic (exact) mass is 285 g/mol. The molecule has 1 aliphatic carbocycles. The molecule has 0 aliphatic heterocycles. The molecule has 1 fully saturated rings. The maximum Gasteiger partial charge on any atom is 0.411 e. The zero-order valence-electron chi connectivity index (χ0n) is 12.8. The third kappa shape index (κ3) is 4.51. The van der Waals surface area contributed by atoms with Crippen LogP contribution in [0.5, 0.6) is 0 Å². The van der Waals surface area contributed by atoms with Crippen molar-refractivity contribution >= 4 is 17.8 Å². The van der Waals surface area contributed by atoms with E-state index in [-0.39, 0.29) is 12.6 Å². The van der Waals surface area contributed by atoms with Crippen LogP contribution >= 0.6 is 0 Å². The lowest BCUT2D eigenvalue weighted by Gasteiger charge is -2.31. The second-order valence-electron chi connectivity index (χ2n) is 5.88. The van der Waals surface area contributed by atoms with Crippen LogP contribution in [0.2, 0.25) is 0 Å². The van der Waals surface area contributed by atoms with Crippen molar-refractivity contribution in [1.82, 2.24) is 4.90 Å². The number of amides is 1. The van der Waals surface area contributed by atoms with E-state index in [1.54, 1.807) is 27.7 Å². The molecule has 114 valence electrons. The SMILES string of the molecule is CCOC(=O)C(C(C)=O)N(C(=O)OC(C)(C)C)C1CC1.